The van der Waals surface area contributed by atoms with E-state index in [1.807, 2.05) is 0 Å². The Hall–Kier alpha value is 0.450. The average Bonchev–Trinajstić information content (AvgIpc) is 1.63. The molecule has 2 nitrogen and oxygen atoms in total. The molecule has 0 bridgehead atoms. The first-order valence-electron chi connectivity index (χ1n) is 2.34. The molecule has 0 saturated heterocycles. The first-order valence-corrected chi connectivity index (χ1v) is 6.66. The van der Waals surface area contributed by atoms with Crippen LogP contribution in [0.1, 0.15) is 0 Å². The van der Waals surface area contributed by atoms with Crippen LogP contribution in [0.3, 0.4) is 0 Å². The molecule has 0 aliphatic carbocycles. The molecule has 52 valence electrons. The molecule has 0 aromatic carbocycles. The Morgan fingerprint density at radius 2 is 2.44 bits per heavy atom. The second-order valence-electron chi connectivity index (χ2n) is 1.52. The minimum Gasteiger partial charge on any atom is -0.334 e. The Bertz CT molecular complexity index is 158. The van der Waals surface area contributed by atoms with Gasteiger partial charge in [-0.3, -0.25) is 0 Å². The molecule has 5 heteroatoms. The predicted octanol–water partition coefficient (Wildman–Crippen LogP) is 1.79. The molecule has 0 aromatic heterocycles. The van der Waals surface area contributed by atoms with E-state index in [1.54, 1.807) is 6.66 Å². The van der Waals surface area contributed by atoms with Crippen molar-refractivity contribution in [3.05, 3.63) is 11.4 Å². The summed E-state index contributed by atoms with van der Waals surface area (Å²) in [5.41, 5.74) is -1.81. The van der Waals surface area contributed by atoms with Crippen LogP contribution in [0.2, 0.25) is 0 Å². The minimum absolute atomic E-state index is 0.382. The van der Waals surface area contributed by atoms with Crippen molar-refractivity contribution in [2.45, 2.75) is 0 Å². The second-order valence-corrected chi connectivity index (χ2v) is 8.57. The van der Waals surface area contributed by atoms with Crippen molar-refractivity contribution < 1.29 is 4.52 Å². The van der Waals surface area contributed by atoms with Crippen molar-refractivity contribution in [3.8, 4) is 0 Å². The van der Waals surface area contributed by atoms with Gasteiger partial charge < -0.3 is 9.37 Å². The predicted molar refractivity (Wildman–Crippen MR) is 46.6 cm³/mol. The molecule has 9 heavy (non-hydrogen) atoms. The Kier molecular flexibility index (Phi) is 4.51. The van der Waals surface area contributed by atoms with Crippen LogP contribution in [0.15, 0.2) is 0 Å². The fraction of sp³-hybridized carbons (Fsp3) is 0.750. The lowest BCUT2D eigenvalue weighted by Crippen LogP contribution is -1.90. The van der Waals surface area contributed by atoms with Crippen LogP contribution in [0.5, 0.6) is 0 Å². The zero-order valence-corrected chi connectivity index (χ0v) is 7.68. The third-order valence-electron chi connectivity index (χ3n) is 0.534. The standard InChI is InChI=1S/C4H8NOPS2/c1-5-3-4-6-7(2,8)9/h3-4H2,2H3,(H,8,9). The van der Waals surface area contributed by atoms with Gasteiger partial charge in [0.05, 0.1) is 0 Å². The van der Waals surface area contributed by atoms with Gasteiger partial charge in [-0.05, 0) is 6.66 Å². The van der Waals surface area contributed by atoms with Gasteiger partial charge in [0.1, 0.15) is 12.1 Å². The van der Waals surface area contributed by atoms with Crippen LogP contribution in [0.4, 0.5) is 0 Å². The first kappa shape index (κ1) is 9.45. The molecule has 0 fully saturated rings. The molecule has 0 aliphatic heterocycles. The zero-order valence-electron chi connectivity index (χ0n) is 5.07. The molecule has 1 atom stereocenters. The number of nitrogens with zero attached hydrogens (tertiary/aromatic N) is 1. The third kappa shape index (κ3) is 8.45. The van der Waals surface area contributed by atoms with Gasteiger partial charge in [0, 0.05) is 0 Å². The smallest absolute Gasteiger partial charge is 0.238 e. The summed E-state index contributed by atoms with van der Waals surface area (Å²) in [7, 11) is 0. The van der Waals surface area contributed by atoms with Gasteiger partial charge in [0.2, 0.25) is 6.54 Å². The minimum atomic E-state index is -1.81. The summed E-state index contributed by atoms with van der Waals surface area (Å²) in [4.78, 5) is 3.10. The van der Waals surface area contributed by atoms with Gasteiger partial charge in [-0.2, -0.15) is 0 Å². The van der Waals surface area contributed by atoms with Crippen molar-refractivity contribution in [1.82, 2.24) is 0 Å². The van der Waals surface area contributed by atoms with E-state index in [0.29, 0.717) is 13.2 Å². The molecule has 0 spiro atoms. The van der Waals surface area contributed by atoms with Crippen LogP contribution in [0.25, 0.3) is 4.85 Å². The molecule has 0 amide bonds. The van der Waals surface area contributed by atoms with Gasteiger partial charge >= 0.3 is 0 Å². The lowest BCUT2D eigenvalue weighted by molar-refractivity contribution is 0.383. The average molecular weight is 181 g/mol. The maximum Gasteiger partial charge on any atom is 0.238 e. The van der Waals surface area contributed by atoms with Gasteiger partial charge in [-0.1, -0.05) is 11.8 Å². The van der Waals surface area contributed by atoms with E-state index in [0.717, 1.165) is 0 Å². The van der Waals surface area contributed by atoms with E-state index in [2.05, 4.69) is 17.1 Å². The van der Waals surface area contributed by atoms with Crippen molar-refractivity contribution in [3.63, 3.8) is 0 Å². The topological polar surface area (TPSA) is 13.6 Å². The Morgan fingerprint density at radius 3 is 2.78 bits per heavy atom. The Labute approximate surface area is 65.7 Å². The monoisotopic (exact) mass is 181 g/mol. The van der Waals surface area contributed by atoms with Crippen LogP contribution >= 0.6 is 17.7 Å². The summed E-state index contributed by atoms with van der Waals surface area (Å²) in [6.07, 6.45) is 0. The Balaban J connectivity index is 3.32. The quantitative estimate of drug-likeness (QED) is 0.309. The molecule has 0 radical (unpaired) electrons. The normalized spacial score (nSPS) is 16.1. The number of hydrogen-bond donors (Lipinski definition) is 1. The molecule has 0 rings (SSSR count). The van der Waals surface area contributed by atoms with Gasteiger partial charge in [-0.25, -0.2) is 6.57 Å². The summed E-state index contributed by atoms with van der Waals surface area (Å²) < 4.78 is 5.05. The highest BCUT2D eigenvalue weighted by molar-refractivity contribution is 8.61. The lowest BCUT2D eigenvalue weighted by atomic mass is 10.7. The lowest BCUT2D eigenvalue weighted by Gasteiger charge is -2.06. The highest BCUT2D eigenvalue weighted by atomic mass is 32.9. The van der Waals surface area contributed by atoms with Crippen LogP contribution < -0.4 is 0 Å². The van der Waals surface area contributed by atoms with E-state index in [1.165, 1.54) is 0 Å². The number of rotatable bonds is 3. The molecule has 0 aliphatic rings. The summed E-state index contributed by atoms with van der Waals surface area (Å²) >= 11 is 8.88. The molecular weight excluding hydrogens is 173 g/mol. The zero-order chi connectivity index (χ0) is 7.33. The van der Waals surface area contributed by atoms with E-state index in [-0.39, 0.29) is 0 Å². The molecule has 0 N–H and O–H groups in total. The highest BCUT2D eigenvalue weighted by Crippen LogP contribution is 2.47. The van der Waals surface area contributed by atoms with Crippen molar-refractivity contribution >= 4 is 29.5 Å². The summed E-state index contributed by atoms with van der Waals surface area (Å²) in [5, 5.41) is 0. The number of thiol groups is 1. The van der Waals surface area contributed by atoms with Crippen molar-refractivity contribution in [2.24, 2.45) is 0 Å². The highest BCUT2D eigenvalue weighted by Gasteiger charge is 2.01. The van der Waals surface area contributed by atoms with Gasteiger partial charge in [0.25, 0.3) is 0 Å². The third-order valence-corrected chi connectivity index (χ3v) is 1.86. The van der Waals surface area contributed by atoms with E-state index >= 15 is 0 Å². The van der Waals surface area contributed by atoms with Crippen LogP contribution in [0, 0.1) is 6.57 Å². The fourth-order valence-corrected chi connectivity index (χ4v) is 1.14. The molecular formula is C4H8NOPS2. The first-order chi connectivity index (χ1) is 4.06. The summed E-state index contributed by atoms with van der Waals surface area (Å²) in [6, 6.07) is 0. The van der Waals surface area contributed by atoms with Crippen LogP contribution in [-0.4, -0.2) is 19.8 Å². The SMILES string of the molecule is [C-]#[N+]CCOP(C)(=S)S. The molecule has 0 aromatic rings. The van der Waals surface area contributed by atoms with Gasteiger partial charge in [-0.15, -0.1) is 12.2 Å². The second kappa shape index (κ2) is 4.29. The molecule has 1 unspecified atom stereocenters. The number of hydrogen-bond acceptors (Lipinski definition) is 2. The van der Waals surface area contributed by atoms with Crippen LogP contribution in [-0.2, 0) is 16.3 Å². The van der Waals surface area contributed by atoms with Crippen molar-refractivity contribution in [1.29, 1.82) is 0 Å². The largest absolute Gasteiger partial charge is 0.334 e. The molecule has 0 heterocycles. The summed E-state index contributed by atoms with van der Waals surface area (Å²) in [6.45, 7) is 8.98. The van der Waals surface area contributed by atoms with Crippen molar-refractivity contribution in [2.75, 3.05) is 19.8 Å². The maximum absolute atomic E-state index is 6.41. The Morgan fingerprint density at radius 1 is 1.89 bits per heavy atom. The van der Waals surface area contributed by atoms with Gasteiger partial charge in [0.15, 0.2) is 0 Å². The maximum atomic E-state index is 6.41. The molecule has 0 saturated carbocycles. The van der Waals surface area contributed by atoms with E-state index in [4.69, 9.17) is 22.9 Å². The fourth-order valence-electron chi connectivity index (χ4n) is 0.256. The summed E-state index contributed by atoms with van der Waals surface area (Å²) in [5.74, 6) is 0. The van der Waals surface area contributed by atoms with E-state index < -0.39 is 5.47 Å². The van der Waals surface area contributed by atoms with E-state index in [9.17, 15) is 0 Å².